The van der Waals surface area contributed by atoms with Gasteiger partial charge in [0.1, 0.15) is 0 Å². The lowest BCUT2D eigenvalue weighted by molar-refractivity contribution is -0.146. The maximum atomic E-state index is 12.6. The second kappa shape index (κ2) is 24.0. The highest BCUT2D eigenvalue weighted by atomic mass is 28.4. The third-order valence-electron chi connectivity index (χ3n) is 9.22. The van der Waals surface area contributed by atoms with E-state index in [0.29, 0.717) is 29.2 Å². The Hall–Kier alpha value is -0.296. The molecule has 0 rings (SSSR count). The van der Waals surface area contributed by atoms with Gasteiger partial charge in [-0.25, -0.2) is 4.79 Å². The largest absolute Gasteiger partial charge is 0.500 e. The Morgan fingerprint density at radius 3 is 1.38 bits per heavy atom. The molecule has 252 valence electrons. The van der Waals surface area contributed by atoms with Gasteiger partial charge in [-0.05, 0) is 42.6 Å². The number of hydrogen-bond acceptors (Lipinski definition) is 6. The summed E-state index contributed by atoms with van der Waals surface area (Å²) in [7, 11) is -0.0622. The van der Waals surface area contributed by atoms with E-state index in [1.54, 1.807) is 21.3 Å². The Labute approximate surface area is 263 Å². The SMILES string of the molecule is CCCCCCCCCCCCCCCN(CCC[Si](OC)(OC)OC)CC(O[Si](C(C)C)(C(C)C)C(C)C)C(=O)O. The molecule has 0 amide bonds. The lowest BCUT2D eigenvalue weighted by Gasteiger charge is -2.44. The smallest absolute Gasteiger partial charge is 0.479 e. The van der Waals surface area contributed by atoms with Crippen LogP contribution in [0.1, 0.15) is 138 Å². The van der Waals surface area contributed by atoms with Crippen LogP contribution in [0.15, 0.2) is 0 Å². The van der Waals surface area contributed by atoms with Gasteiger partial charge in [0.2, 0.25) is 8.32 Å². The van der Waals surface area contributed by atoms with Crippen molar-refractivity contribution in [3.8, 4) is 0 Å². The number of nitrogens with zero attached hydrogens (tertiary/aromatic N) is 1. The molecule has 9 heteroatoms. The molecular weight excluding hydrogens is 563 g/mol. The number of rotatable bonds is 29. The van der Waals surface area contributed by atoms with E-state index in [9.17, 15) is 9.90 Å². The molecule has 1 unspecified atom stereocenters. The van der Waals surface area contributed by atoms with Gasteiger partial charge in [-0.2, -0.15) is 0 Å². The first-order chi connectivity index (χ1) is 20.0. The molecule has 0 aliphatic rings. The van der Waals surface area contributed by atoms with Gasteiger partial charge >= 0.3 is 14.8 Å². The fourth-order valence-electron chi connectivity index (χ4n) is 6.78. The molecule has 0 heterocycles. The van der Waals surface area contributed by atoms with Crippen LogP contribution in [0.3, 0.4) is 0 Å². The molecule has 0 aromatic rings. The lowest BCUT2D eigenvalue weighted by Crippen LogP contribution is -2.54. The van der Waals surface area contributed by atoms with Crippen LogP contribution in [-0.2, 0) is 22.5 Å². The number of hydrogen-bond donors (Lipinski definition) is 1. The zero-order valence-electron chi connectivity index (χ0n) is 29.5. The van der Waals surface area contributed by atoms with Crippen LogP contribution in [0.25, 0.3) is 0 Å². The number of carboxylic acid groups (broad SMARTS) is 1. The zero-order valence-corrected chi connectivity index (χ0v) is 31.5. The molecule has 1 N–H and O–H groups in total. The predicted octanol–water partition coefficient (Wildman–Crippen LogP) is 9.29. The Morgan fingerprint density at radius 1 is 0.643 bits per heavy atom. The van der Waals surface area contributed by atoms with E-state index in [1.165, 1.54) is 77.0 Å². The molecule has 0 spiro atoms. The second-order valence-corrected chi connectivity index (χ2v) is 21.7. The summed E-state index contributed by atoms with van der Waals surface area (Å²) < 4.78 is 23.7. The van der Waals surface area contributed by atoms with Crippen molar-refractivity contribution in [1.29, 1.82) is 0 Å². The van der Waals surface area contributed by atoms with Crippen molar-refractivity contribution >= 4 is 23.1 Å². The highest BCUT2D eigenvalue weighted by molar-refractivity contribution is 6.77. The minimum Gasteiger partial charge on any atom is -0.479 e. The van der Waals surface area contributed by atoms with E-state index in [4.69, 9.17) is 17.7 Å². The second-order valence-electron chi connectivity index (χ2n) is 13.2. The van der Waals surface area contributed by atoms with Gasteiger partial charge in [0.15, 0.2) is 6.10 Å². The van der Waals surface area contributed by atoms with Crippen LogP contribution in [0.4, 0.5) is 0 Å². The van der Waals surface area contributed by atoms with Crippen molar-refractivity contribution in [1.82, 2.24) is 4.90 Å². The van der Waals surface area contributed by atoms with Gasteiger partial charge in [0, 0.05) is 33.9 Å². The first kappa shape index (κ1) is 41.7. The predicted molar refractivity (Wildman–Crippen MR) is 182 cm³/mol. The molecule has 7 nitrogen and oxygen atoms in total. The van der Waals surface area contributed by atoms with Crippen LogP contribution in [0.5, 0.6) is 0 Å². The first-order valence-electron chi connectivity index (χ1n) is 17.2. The molecule has 42 heavy (non-hydrogen) atoms. The van der Waals surface area contributed by atoms with Crippen LogP contribution in [0.2, 0.25) is 22.7 Å². The number of carboxylic acids is 1. The Kier molecular flexibility index (Phi) is 23.8. The van der Waals surface area contributed by atoms with Gasteiger partial charge in [-0.15, -0.1) is 0 Å². The molecule has 0 bridgehead atoms. The molecule has 0 aromatic carbocycles. The minimum atomic E-state index is -2.67. The van der Waals surface area contributed by atoms with Crippen molar-refractivity contribution in [3.05, 3.63) is 0 Å². The van der Waals surface area contributed by atoms with Crippen molar-refractivity contribution in [2.45, 2.75) is 167 Å². The summed E-state index contributed by atoms with van der Waals surface area (Å²) in [6.45, 7) is 17.6. The quantitative estimate of drug-likeness (QED) is 0.0650. The van der Waals surface area contributed by atoms with Gasteiger partial charge in [-0.3, -0.25) is 0 Å². The van der Waals surface area contributed by atoms with E-state index in [2.05, 4.69) is 53.4 Å². The van der Waals surface area contributed by atoms with Crippen molar-refractivity contribution in [2.75, 3.05) is 41.0 Å². The first-order valence-corrected chi connectivity index (χ1v) is 21.3. The van der Waals surface area contributed by atoms with E-state index in [1.807, 2.05) is 0 Å². The van der Waals surface area contributed by atoms with E-state index in [0.717, 1.165) is 25.9 Å². The summed E-state index contributed by atoms with van der Waals surface area (Å²) in [6.07, 6.45) is 17.2. The average molecular weight is 634 g/mol. The Morgan fingerprint density at radius 2 is 1.02 bits per heavy atom. The lowest BCUT2D eigenvalue weighted by atomic mass is 10.0. The van der Waals surface area contributed by atoms with Crippen LogP contribution < -0.4 is 0 Å². The topological polar surface area (TPSA) is 77.5 Å². The third kappa shape index (κ3) is 15.6. The molecule has 0 aromatic heterocycles. The van der Waals surface area contributed by atoms with Crippen LogP contribution in [-0.4, -0.2) is 80.2 Å². The van der Waals surface area contributed by atoms with Gasteiger partial charge in [0.05, 0.1) is 0 Å². The summed E-state index contributed by atoms with van der Waals surface area (Å²) in [5, 5.41) is 10.3. The standard InChI is InChI=1S/C33H71NO6Si2/c1-11-12-13-14-15-16-17-18-19-20-21-22-23-25-34(26-24-27-41(37-8,38-9)39-10)28-32(33(35)36)40-42(29(2)3,30(4)5)31(6)7/h29-32H,11-28H2,1-10H3,(H,35,36). The molecule has 0 fully saturated rings. The number of aliphatic carboxylic acids is 1. The maximum Gasteiger partial charge on any atom is 0.500 e. The molecule has 0 saturated heterocycles. The Bertz CT molecular complexity index is 630. The van der Waals surface area contributed by atoms with Crippen molar-refractivity contribution in [3.63, 3.8) is 0 Å². The summed E-state index contributed by atoms with van der Waals surface area (Å²) in [6, 6.07) is 0.701. The minimum absolute atomic E-state index is 0.339. The molecular formula is C33H71NO6Si2. The van der Waals surface area contributed by atoms with Crippen LogP contribution in [0, 0.1) is 0 Å². The summed E-state index contributed by atoms with van der Waals surface area (Å²) in [5.74, 6) is -0.849. The molecule has 0 aliphatic heterocycles. The van der Waals surface area contributed by atoms with E-state index in [-0.39, 0.29) is 0 Å². The third-order valence-corrected chi connectivity index (χ3v) is 18.2. The molecule has 0 radical (unpaired) electrons. The van der Waals surface area contributed by atoms with E-state index >= 15 is 0 Å². The number of unbranched alkanes of at least 4 members (excludes halogenated alkanes) is 12. The van der Waals surface area contributed by atoms with Gasteiger partial charge in [-0.1, -0.05) is 126 Å². The highest BCUT2D eigenvalue weighted by Crippen LogP contribution is 2.43. The highest BCUT2D eigenvalue weighted by Gasteiger charge is 2.48. The normalized spacial score (nSPS) is 13.7. The van der Waals surface area contributed by atoms with Gasteiger partial charge in [0.25, 0.3) is 0 Å². The van der Waals surface area contributed by atoms with Crippen LogP contribution >= 0.6 is 0 Å². The average Bonchev–Trinajstić information content (AvgIpc) is 2.94. The molecule has 0 aliphatic carbocycles. The molecule has 1 atom stereocenters. The number of carbonyl (C=O) groups is 1. The van der Waals surface area contributed by atoms with Crippen molar-refractivity contribution in [2.24, 2.45) is 0 Å². The fourth-order valence-corrected chi connectivity index (χ4v) is 14.0. The summed E-state index contributed by atoms with van der Waals surface area (Å²) in [5.41, 5.74) is 1.02. The monoisotopic (exact) mass is 633 g/mol. The Balaban J connectivity index is 5.09. The van der Waals surface area contributed by atoms with Crippen molar-refractivity contribution < 1.29 is 27.6 Å². The van der Waals surface area contributed by atoms with Gasteiger partial charge < -0.3 is 27.7 Å². The maximum absolute atomic E-state index is 12.6. The van der Waals surface area contributed by atoms with E-state index < -0.39 is 29.2 Å². The fraction of sp³-hybridized carbons (Fsp3) is 0.970. The zero-order chi connectivity index (χ0) is 32.0. The summed E-state index contributed by atoms with van der Waals surface area (Å²) in [4.78, 5) is 14.9. The summed E-state index contributed by atoms with van der Waals surface area (Å²) >= 11 is 0. The molecule has 0 saturated carbocycles.